The molecule has 0 aliphatic heterocycles. The van der Waals surface area contributed by atoms with E-state index in [1.165, 1.54) is 11.8 Å². The van der Waals surface area contributed by atoms with Gasteiger partial charge in [0.05, 0.1) is 12.9 Å². The standard InChI is InChI=1S/C14H15N3O2S/c1-19-12-5-3-11(4-6-12)9-17-13(18)10-20-14-15-7-2-8-16-14/h2-8H,9-10H2,1H3,(H,17,18). The molecule has 104 valence electrons. The molecule has 0 saturated carbocycles. The van der Waals surface area contributed by atoms with Crippen LogP contribution in [0.5, 0.6) is 5.75 Å². The number of aromatic nitrogens is 2. The molecule has 0 bridgehead atoms. The van der Waals surface area contributed by atoms with Crippen LogP contribution in [-0.4, -0.2) is 28.7 Å². The molecule has 0 unspecified atom stereocenters. The van der Waals surface area contributed by atoms with E-state index >= 15 is 0 Å². The lowest BCUT2D eigenvalue weighted by atomic mass is 10.2. The molecule has 0 spiro atoms. The first kappa shape index (κ1) is 14.3. The van der Waals surface area contributed by atoms with Gasteiger partial charge in [-0.3, -0.25) is 4.79 Å². The summed E-state index contributed by atoms with van der Waals surface area (Å²) in [5.41, 5.74) is 1.03. The van der Waals surface area contributed by atoms with Crippen LogP contribution in [0.25, 0.3) is 0 Å². The maximum absolute atomic E-state index is 11.7. The molecule has 0 aliphatic rings. The first-order valence-corrected chi connectivity index (χ1v) is 7.06. The topological polar surface area (TPSA) is 64.1 Å². The van der Waals surface area contributed by atoms with Crippen molar-refractivity contribution in [1.29, 1.82) is 0 Å². The zero-order valence-corrected chi connectivity index (χ0v) is 11.9. The molecule has 0 radical (unpaired) electrons. The van der Waals surface area contributed by atoms with Gasteiger partial charge in [-0.15, -0.1) is 0 Å². The largest absolute Gasteiger partial charge is 0.497 e. The van der Waals surface area contributed by atoms with Crippen LogP contribution in [0.3, 0.4) is 0 Å². The molecule has 6 heteroatoms. The first-order chi connectivity index (χ1) is 9.78. The summed E-state index contributed by atoms with van der Waals surface area (Å²) in [6, 6.07) is 9.33. The van der Waals surface area contributed by atoms with Crippen molar-refractivity contribution >= 4 is 17.7 Å². The molecule has 0 saturated heterocycles. The quantitative estimate of drug-likeness (QED) is 0.650. The number of nitrogens with one attached hydrogen (secondary N) is 1. The molecule has 2 aromatic rings. The average molecular weight is 289 g/mol. The number of nitrogens with zero attached hydrogens (tertiary/aromatic N) is 2. The second-order valence-electron chi connectivity index (χ2n) is 3.94. The number of benzene rings is 1. The monoisotopic (exact) mass is 289 g/mol. The van der Waals surface area contributed by atoms with E-state index in [1.807, 2.05) is 24.3 Å². The molecule has 0 fully saturated rings. The van der Waals surface area contributed by atoms with Crippen molar-refractivity contribution in [3.63, 3.8) is 0 Å². The Bertz CT molecular complexity index is 546. The van der Waals surface area contributed by atoms with Crippen LogP contribution in [-0.2, 0) is 11.3 Å². The highest BCUT2D eigenvalue weighted by molar-refractivity contribution is 7.99. The second-order valence-corrected chi connectivity index (χ2v) is 4.89. The molecule has 2 rings (SSSR count). The number of hydrogen-bond acceptors (Lipinski definition) is 5. The van der Waals surface area contributed by atoms with E-state index in [9.17, 15) is 4.79 Å². The summed E-state index contributed by atoms with van der Waals surface area (Å²) in [5, 5.41) is 3.45. The molecular weight excluding hydrogens is 274 g/mol. The van der Waals surface area contributed by atoms with E-state index in [0.29, 0.717) is 17.5 Å². The Morgan fingerprint density at radius 1 is 1.25 bits per heavy atom. The van der Waals surface area contributed by atoms with Crippen LogP contribution in [0, 0.1) is 0 Å². The number of methoxy groups -OCH3 is 1. The van der Waals surface area contributed by atoms with Crippen molar-refractivity contribution in [2.45, 2.75) is 11.7 Å². The summed E-state index contributed by atoms with van der Waals surface area (Å²) >= 11 is 1.32. The van der Waals surface area contributed by atoms with E-state index in [2.05, 4.69) is 15.3 Å². The van der Waals surface area contributed by atoms with Gasteiger partial charge in [0.1, 0.15) is 5.75 Å². The molecule has 1 heterocycles. The average Bonchev–Trinajstić information content (AvgIpc) is 2.52. The third kappa shape index (κ3) is 4.55. The van der Waals surface area contributed by atoms with Gasteiger partial charge in [-0.25, -0.2) is 9.97 Å². The molecule has 0 atom stereocenters. The van der Waals surface area contributed by atoms with E-state index in [-0.39, 0.29) is 5.91 Å². The fourth-order valence-electron chi connectivity index (χ4n) is 1.49. The Balaban J connectivity index is 1.74. The number of amides is 1. The third-order valence-electron chi connectivity index (χ3n) is 2.52. The lowest BCUT2D eigenvalue weighted by molar-refractivity contribution is -0.118. The zero-order chi connectivity index (χ0) is 14.2. The second kappa shape index (κ2) is 7.49. The lowest BCUT2D eigenvalue weighted by Crippen LogP contribution is -2.24. The summed E-state index contributed by atoms with van der Waals surface area (Å²) < 4.78 is 5.08. The molecular formula is C14H15N3O2S. The molecule has 1 aromatic carbocycles. The van der Waals surface area contributed by atoms with Crippen molar-refractivity contribution in [3.8, 4) is 5.75 Å². The van der Waals surface area contributed by atoms with Gasteiger partial charge >= 0.3 is 0 Å². The van der Waals surface area contributed by atoms with Crippen LogP contribution in [0.1, 0.15) is 5.56 Å². The highest BCUT2D eigenvalue weighted by atomic mass is 32.2. The van der Waals surface area contributed by atoms with Gasteiger partial charge in [0.2, 0.25) is 5.91 Å². The van der Waals surface area contributed by atoms with E-state index in [0.717, 1.165) is 11.3 Å². The van der Waals surface area contributed by atoms with Gasteiger partial charge in [-0.2, -0.15) is 0 Å². The fraction of sp³-hybridized carbons (Fsp3) is 0.214. The van der Waals surface area contributed by atoms with Gasteiger partial charge in [0.15, 0.2) is 5.16 Å². The Hall–Kier alpha value is -2.08. The van der Waals surface area contributed by atoms with Crippen molar-refractivity contribution < 1.29 is 9.53 Å². The molecule has 5 nitrogen and oxygen atoms in total. The summed E-state index contributed by atoms with van der Waals surface area (Å²) in [7, 11) is 1.62. The molecule has 0 aliphatic carbocycles. The minimum absolute atomic E-state index is 0.0433. The fourth-order valence-corrected chi connectivity index (χ4v) is 2.12. The van der Waals surface area contributed by atoms with E-state index < -0.39 is 0 Å². The van der Waals surface area contributed by atoms with Gasteiger partial charge in [-0.1, -0.05) is 23.9 Å². The summed E-state index contributed by atoms with van der Waals surface area (Å²) in [6.07, 6.45) is 3.31. The lowest BCUT2D eigenvalue weighted by Gasteiger charge is -2.06. The van der Waals surface area contributed by atoms with Crippen LogP contribution >= 0.6 is 11.8 Å². The highest BCUT2D eigenvalue weighted by Crippen LogP contribution is 2.12. The Morgan fingerprint density at radius 2 is 1.95 bits per heavy atom. The van der Waals surface area contributed by atoms with Crippen molar-refractivity contribution in [3.05, 3.63) is 48.3 Å². The zero-order valence-electron chi connectivity index (χ0n) is 11.1. The molecule has 1 aromatic heterocycles. The third-order valence-corrected chi connectivity index (χ3v) is 3.40. The number of hydrogen-bond donors (Lipinski definition) is 1. The highest BCUT2D eigenvalue weighted by Gasteiger charge is 2.04. The maximum Gasteiger partial charge on any atom is 0.230 e. The maximum atomic E-state index is 11.7. The van der Waals surface area contributed by atoms with Crippen molar-refractivity contribution in [2.24, 2.45) is 0 Å². The Kier molecular flexibility index (Phi) is 5.37. The van der Waals surface area contributed by atoms with Crippen LogP contribution in [0.4, 0.5) is 0 Å². The first-order valence-electron chi connectivity index (χ1n) is 6.07. The SMILES string of the molecule is COc1ccc(CNC(=O)CSc2ncccn2)cc1. The number of rotatable bonds is 6. The van der Waals surface area contributed by atoms with Gasteiger partial charge < -0.3 is 10.1 Å². The minimum atomic E-state index is -0.0433. The molecule has 1 amide bonds. The number of carbonyl (C=O) groups is 1. The predicted octanol–water partition coefficient (Wildman–Crippen LogP) is 1.89. The van der Waals surface area contributed by atoms with E-state index in [1.54, 1.807) is 25.6 Å². The Labute approximate surface area is 121 Å². The number of carbonyl (C=O) groups excluding carboxylic acids is 1. The van der Waals surface area contributed by atoms with Crippen molar-refractivity contribution in [1.82, 2.24) is 15.3 Å². The summed E-state index contributed by atoms with van der Waals surface area (Å²) in [5.74, 6) is 1.07. The van der Waals surface area contributed by atoms with Crippen LogP contribution in [0.15, 0.2) is 47.9 Å². The van der Waals surface area contributed by atoms with E-state index in [4.69, 9.17) is 4.74 Å². The predicted molar refractivity (Wildman–Crippen MR) is 77.6 cm³/mol. The molecule has 20 heavy (non-hydrogen) atoms. The molecule has 1 N–H and O–H groups in total. The Morgan fingerprint density at radius 3 is 2.60 bits per heavy atom. The van der Waals surface area contributed by atoms with Crippen molar-refractivity contribution in [2.75, 3.05) is 12.9 Å². The minimum Gasteiger partial charge on any atom is -0.497 e. The number of thioether (sulfide) groups is 1. The number of ether oxygens (including phenoxy) is 1. The van der Waals surface area contributed by atoms with Gasteiger partial charge in [0.25, 0.3) is 0 Å². The normalized spacial score (nSPS) is 10.1. The summed E-state index contributed by atoms with van der Waals surface area (Å²) in [4.78, 5) is 19.8. The van der Waals surface area contributed by atoms with Gasteiger partial charge in [0, 0.05) is 18.9 Å². The van der Waals surface area contributed by atoms with Crippen LogP contribution < -0.4 is 10.1 Å². The summed E-state index contributed by atoms with van der Waals surface area (Å²) in [6.45, 7) is 0.499. The van der Waals surface area contributed by atoms with Crippen LogP contribution in [0.2, 0.25) is 0 Å². The van der Waals surface area contributed by atoms with Gasteiger partial charge in [-0.05, 0) is 23.8 Å². The smallest absolute Gasteiger partial charge is 0.230 e.